The van der Waals surface area contributed by atoms with E-state index in [1.54, 1.807) is 0 Å². The minimum absolute atomic E-state index is 0.151. The molecule has 0 radical (unpaired) electrons. The van der Waals surface area contributed by atoms with Crippen molar-refractivity contribution < 1.29 is 9.69 Å². The summed E-state index contributed by atoms with van der Waals surface area (Å²) in [5.74, 6) is 0.151. The first-order valence-corrected chi connectivity index (χ1v) is 7.84. The van der Waals surface area contributed by atoms with Crippen LogP contribution in [0.15, 0.2) is 18.2 Å². The summed E-state index contributed by atoms with van der Waals surface area (Å²) in [7, 11) is 0. The Morgan fingerprint density at radius 3 is 2.90 bits per heavy atom. The maximum atomic E-state index is 12.3. The van der Waals surface area contributed by atoms with Gasteiger partial charge in [-0.05, 0) is 50.7 Å². The Morgan fingerprint density at radius 2 is 2.20 bits per heavy atom. The summed E-state index contributed by atoms with van der Waals surface area (Å²) in [6.45, 7) is 8.17. The van der Waals surface area contributed by atoms with E-state index in [1.165, 1.54) is 29.7 Å². The van der Waals surface area contributed by atoms with E-state index in [1.807, 2.05) is 0 Å². The molecule has 1 fully saturated rings. The molecule has 0 aromatic heterocycles. The summed E-state index contributed by atoms with van der Waals surface area (Å²) in [6.07, 6.45) is 4.75. The Hall–Kier alpha value is -1.35. The summed E-state index contributed by atoms with van der Waals surface area (Å²) in [5.41, 5.74) is 3.39. The number of carbonyl (C=O) groups is 1. The van der Waals surface area contributed by atoms with Crippen molar-refractivity contribution >= 4 is 11.6 Å². The van der Waals surface area contributed by atoms with Gasteiger partial charge in [-0.15, -0.1) is 0 Å². The summed E-state index contributed by atoms with van der Waals surface area (Å²) >= 11 is 0. The van der Waals surface area contributed by atoms with Crippen LogP contribution in [0.2, 0.25) is 0 Å². The fourth-order valence-corrected chi connectivity index (χ4v) is 3.11. The summed E-state index contributed by atoms with van der Waals surface area (Å²) in [6, 6.07) is 6.82. The largest absolute Gasteiger partial charge is 0.325 e. The number of carbonyl (C=O) groups excluding carboxylic acids is 1. The molecule has 1 aromatic rings. The molecule has 3 heteroatoms. The zero-order valence-corrected chi connectivity index (χ0v) is 13.0. The van der Waals surface area contributed by atoms with Crippen LogP contribution in [0.25, 0.3) is 0 Å². The lowest BCUT2D eigenvalue weighted by Crippen LogP contribution is -3.17. The smallest absolute Gasteiger partial charge is 0.279 e. The third kappa shape index (κ3) is 3.60. The number of aryl methyl sites for hydroxylation is 2. The Kier molecular flexibility index (Phi) is 5.18. The predicted molar refractivity (Wildman–Crippen MR) is 83.2 cm³/mol. The molecule has 1 aliphatic rings. The van der Waals surface area contributed by atoms with Gasteiger partial charge in [-0.3, -0.25) is 4.79 Å². The van der Waals surface area contributed by atoms with E-state index in [9.17, 15) is 4.79 Å². The van der Waals surface area contributed by atoms with Gasteiger partial charge in [-0.2, -0.15) is 0 Å². The zero-order chi connectivity index (χ0) is 14.5. The van der Waals surface area contributed by atoms with Crippen LogP contribution >= 0.6 is 0 Å². The normalized spacial score (nSPS) is 22.6. The van der Waals surface area contributed by atoms with Crippen molar-refractivity contribution in [2.45, 2.75) is 52.5 Å². The van der Waals surface area contributed by atoms with Crippen molar-refractivity contribution in [3.8, 4) is 0 Å². The SMILES string of the molecule is CCc1cccc(C)c1NC(=O)C[NH+]1CCCC[C@@H]1C. The van der Waals surface area contributed by atoms with Crippen LogP contribution in [0.3, 0.4) is 0 Å². The second kappa shape index (κ2) is 6.89. The van der Waals surface area contributed by atoms with Crippen molar-refractivity contribution in [3.05, 3.63) is 29.3 Å². The monoisotopic (exact) mass is 275 g/mol. The molecule has 0 spiro atoms. The number of quaternary nitrogens is 1. The van der Waals surface area contributed by atoms with Crippen molar-refractivity contribution in [1.29, 1.82) is 0 Å². The van der Waals surface area contributed by atoms with E-state index in [0.29, 0.717) is 12.6 Å². The highest BCUT2D eigenvalue weighted by molar-refractivity contribution is 5.93. The van der Waals surface area contributed by atoms with Crippen LogP contribution in [0.5, 0.6) is 0 Å². The van der Waals surface area contributed by atoms with Crippen molar-refractivity contribution in [1.82, 2.24) is 0 Å². The summed E-state index contributed by atoms with van der Waals surface area (Å²) in [5, 5.41) is 3.14. The first-order chi connectivity index (χ1) is 9.61. The van der Waals surface area contributed by atoms with E-state index < -0.39 is 0 Å². The average Bonchev–Trinajstić information content (AvgIpc) is 2.43. The third-order valence-corrected chi connectivity index (χ3v) is 4.47. The maximum absolute atomic E-state index is 12.3. The standard InChI is InChI=1S/C17H26N2O/c1-4-15-10-7-8-13(2)17(15)18-16(20)12-19-11-6-5-9-14(19)3/h7-8,10,14H,4-6,9,11-12H2,1-3H3,(H,18,20)/p+1/t14-/m0/s1. The molecule has 2 atom stereocenters. The van der Waals surface area contributed by atoms with Crippen LogP contribution < -0.4 is 10.2 Å². The van der Waals surface area contributed by atoms with Gasteiger partial charge in [0.25, 0.3) is 5.91 Å². The Bertz CT molecular complexity index is 470. The predicted octanol–water partition coefficient (Wildman–Crippen LogP) is 1.95. The van der Waals surface area contributed by atoms with Gasteiger partial charge in [-0.1, -0.05) is 25.1 Å². The van der Waals surface area contributed by atoms with E-state index in [4.69, 9.17) is 0 Å². The van der Waals surface area contributed by atoms with E-state index >= 15 is 0 Å². The molecule has 1 aromatic carbocycles. The van der Waals surface area contributed by atoms with Crippen LogP contribution in [0, 0.1) is 6.92 Å². The number of benzene rings is 1. The summed E-state index contributed by atoms with van der Waals surface area (Å²) in [4.78, 5) is 13.7. The fourth-order valence-electron chi connectivity index (χ4n) is 3.11. The van der Waals surface area contributed by atoms with Crippen molar-refractivity contribution in [3.63, 3.8) is 0 Å². The van der Waals surface area contributed by atoms with Gasteiger partial charge in [0, 0.05) is 5.69 Å². The topological polar surface area (TPSA) is 33.5 Å². The Labute approximate surface area is 122 Å². The van der Waals surface area contributed by atoms with Gasteiger partial charge in [0.1, 0.15) is 0 Å². The molecule has 20 heavy (non-hydrogen) atoms. The minimum Gasteiger partial charge on any atom is -0.325 e. The van der Waals surface area contributed by atoms with E-state index in [0.717, 1.165) is 24.2 Å². The van der Waals surface area contributed by atoms with Crippen LogP contribution in [-0.4, -0.2) is 25.0 Å². The Balaban J connectivity index is 2.01. The number of hydrogen-bond acceptors (Lipinski definition) is 1. The lowest BCUT2D eigenvalue weighted by molar-refractivity contribution is -0.920. The first kappa shape index (κ1) is 15.0. The second-order valence-electron chi connectivity index (χ2n) is 5.99. The highest BCUT2D eigenvalue weighted by Crippen LogP contribution is 2.20. The van der Waals surface area contributed by atoms with Gasteiger partial charge in [0.15, 0.2) is 6.54 Å². The number of piperidine rings is 1. The van der Waals surface area contributed by atoms with Crippen LogP contribution in [0.4, 0.5) is 5.69 Å². The molecule has 2 N–H and O–H groups in total. The van der Waals surface area contributed by atoms with Crippen molar-refractivity contribution in [2.24, 2.45) is 0 Å². The highest BCUT2D eigenvalue weighted by atomic mass is 16.2. The number of amides is 1. The van der Waals surface area contributed by atoms with Gasteiger partial charge in [0.05, 0.1) is 12.6 Å². The lowest BCUT2D eigenvalue weighted by atomic mass is 10.0. The fraction of sp³-hybridized carbons (Fsp3) is 0.588. The highest BCUT2D eigenvalue weighted by Gasteiger charge is 2.24. The van der Waals surface area contributed by atoms with Crippen molar-refractivity contribution in [2.75, 3.05) is 18.4 Å². The molecule has 0 aliphatic carbocycles. The average molecular weight is 275 g/mol. The second-order valence-corrected chi connectivity index (χ2v) is 5.99. The molecule has 0 bridgehead atoms. The number of likely N-dealkylation sites (tertiary alicyclic amines) is 1. The molecule has 110 valence electrons. The van der Waals surface area contributed by atoms with E-state index in [-0.39, 0.29) is 5.91 Å². The molecule has 1 heterocycles. The maximum Gasteiger partial charge on any atom is 0.279 e. The zero-order valence-electron chi connectivity index (χ0n) is 13.0. The number of nitrogens with one attached hydrogen (secondary N) is 2. The molecule has 1 amide bonds. The molecule has 1 saturated heterocycles. The third-order valence-electron chi connectivity index (χ3n) is 4.47. The lowest BCUT2D eigenvalue weighted by Gasteiger charge is -2.29. The number of para-hydroxylation sites is 1. The molecular formula is C17H27N2O+. The van der Waals surface area contributed by atoms with E-state index in [2.05, 4.69) is 44.3 Å². The molecule has 1 aliphatic heterocycles. The summed E-state index contributed by atoms with van der Waals surface area (Å²) < 4.78 is 0. The first-order valence-electron chi connectivity index (χ1n) is 7.84. The van der Waals surface area contributed by atoms with Gasteiger partial charge in [0.2, 0.25) is 0 Å². The van der Waals surface area contributed by atoms with Crippen LogP contribution in [-0.2, 0) is 11.2 Å². The molecule has 2 rings (SSSR count). The van der Waals surface area contributed by atoms with Gasteiger partial charge >= 0.3 is 0 Å². The Morgan fingerprint density at radius 1 is 1.40 bits per heavy atom. The number of hydrogen-bond donors (Lipinski definition) is 2. The minimum atomic E-state index is 0.151. The van der Waals surface area contributed by atoms with Gasteiger partial charge < -0.3 is 10.2 Å². The molecule has 3 nitrogen and oxygen atoms in total. The van der Waals surface area contributed by atoms with Gasteiger partial charge in [-0.25, -0.2) is 0 Å². The molecule has 0 saturated carbocycles. The number of anilines is 1. The molecular weight excluding hydrogens is 248 g/mol. The van der Waals surface area contributed by atoms with Crippen LogP contribution in [0.1, 0.15) is 44.2 Å². The molecule has 1 unspecified atom stereocenters. The quantitative estimate of drug-likeness (QED) is 0.865. The number of rotatable bonds is 4.